The summed E-state index contributed by atoms with van der Waals surface area (Å²) in [6.07, 6.45) is 3.85. The molecular formula is C10H17N. The van der Waals surface area contributed by atoms with Crippen LogP contribution < -0.4 is 5.32 Å². The van der Waals surface area contributed by atoms with Crippen molar-refractivity contribution < 1.29 is 0 Å². The van der Waals surface area contributed by atoms with E-state index in [1.807, 2.05) is 6.92 Å². The SMILES string of the molecule is CC#CCC(NCC)C1CC1. The van der Waals surface area contributed by atoms with Crippen LogP contribution in [0.25, 0.3) is 0 Å². The van der Waals surface area contributed by atoms with Gasteiger partial charge in [0.25, 0.3) is 0 Å². The van der Waals surface area contributed by atoms with Crippen molar-refractivity contribution in [1.82, 2.24) is 5.32 Å². The Morgan fingerprint density at radius 2 is 2.27 bits per heavy atom. The van der Waals surface area contributed by atoms with Gasteiger partial charge in [-0.15, -0.1) is 11.8 Å². The van der Waals surface area contributed by atoms with E-state index in [0.29, 0.717) is 6.04 Å². The van der Waals surface area contributed by atoms with Crippen LogP contribution in [0.15, 0.2) is 0 Å². The van der Waals surface area contributed by atoms with E-state index in [4.69, 9.17) is 0 Å². The molecular weight excluding hydrogens is 134 g/mol. The fourth-order valence-corrected chi connectivity index (χ4v) is 1.38. The summed E-state index contributed by atoms with van der Waals surface area (Å²) >= 11 is 0. The number of hydrogen-bond acceptors (Lipinski definition) is 1. The molecule has 0 bridgehead atoms. The zero-order valence-electron chi connectivity index (χ0n) is 7.48. The van der Waals surface area contributed by atoms with Crippen LogP contribution in [-0.2, 0) is 0 Å². The van der Waals surface area contributed by atoms with E-state index in [0.717, 1.165) is 18.9 Å². The van der Waals surface area contributed by atoms with Crippen molar-refractivity contribution in [3.63, 3.8) is 0 Å². The Bertz CT molecular complexity index is 159. The molecule has 1 heteroatoms. The highest BCUT2D eigenvalue weighted by Crippen LogP contribution is 2.33. The molecule has 1 N–H and O–H groups in total. The third-order valence-corrected chi connectivity index (χ3v) is 2.16. The highest BCUT2D eigenvalue weighted by atomic mass is 14.9. The van der Waals surface area contributed by atoms with Crippen molar-refractivity contribution in [1.29, 1.82) is 0 Å². The molecule has 11 heavy (non-hydrogen) atoms. The van der Waals surface area contributed by atoms with E-state index in [2.05, 4.69) is 24.1 Å². The van der Waals surface area contributed by atoms with Crippen LogP contribution in [-0.4, -0.2) is 12.6 Å². The molecule has 0 spiro atoms. The second-order valence-corrected chi connectivity index (χ2v) is 3.13. The largest absolute Gasteiger partial charge is 0.313 e. The first-order valence-electron chi connectivity index (χ1n) is 4.51. The lowest BCUT2D eigenvalue weighted by Gasteiger charge is -2.13. The zero-order chi connectivity index (χ0) is 8.10. The average Bonchev–Trinajstić information content (AvgIpc) is 2.80. The maximum atomic E-state index is 3.48. The van der Waals surface area contributed by atoms with Gasteiger partial charge in [0.2, 0.25) is 0 Å². The van der Waals surface area contributed by atoms with Gasteiger partial charge in [-0.25, -0.2) is 0 Å². The molecule has 0 heterocycles. The topological polar surface area (TPSA) is 12.0 Å². The Labute approximate surface area is 69.6 Å². The van der Waals surface area contributed by atoms with Crippen molar-refractivity contribution >= 4 is 0 Å². The normalized spacial score (nSPS) is 18.7. The lowest BCUT2D eigenvalue weighted by molar-refractivity contribution is 0.484. The van der Waals surface area contributed by atoms with Gasteiger partial charge in [-0.1, -0.05) is 6.92 Å². The van der Waals surface area contributed by atoms with Crippen molar-refractivity contribution in [3.8, 4) is 11.8 Å². The van der Waals surface area contributed by atoms with Gasteiger partial charge >= 0.3 is 0 Å². The predicted octanol–water partition coefficient (Wildman–Crippen LogP) is 1.79. The Morgan fingerprint density at radius 1 is 1.55 bits per heavy atom. The zero-order valence-corrected chi connectivity index (χ0v) is 7.48. The summed E-state index contributed by atoms with van der Waals surface area (Å²) in [4.78, 5) is 0. The Hall–Kier alpha value is -0.480. The average molecular weight is 151 g/mol. The fourth-order valence-electron chi connectivity index (χ4n) is 1.38. The molecule has 1 unspecified atom stereocenters. The molecule has 0 aromatic rings. The van der Waals surface area contributed by atoms with E-state index in [9.17, 15) is 0 Å². The standard InChI is InChI=1S/C10H17N/c1-3-5-6-10(11-4-2)9-7-8-9/h9-11H,4,6-8H2,1-2H3. The van der Waals surface area contributed by atoms with Crippen LogP contribution in [0.3, 0.4) is 0 Å². The monoisotopic (exact) mass is 151 g/mol. The molecule has 1 aliphatic rings. The summed E-state index contributed by atoms with van der Waals surface area (Å²) in [6, 6.07) is 0.674. The third kappa shape index (κ3) is 2.95. The molecule has 1 atom stereocenters. The minimum Gasteiger partial charge on any atom is -0.313 e. The van der Waals surface area contributed by atoms with E-state index < -0.39 is 0 Å². The highest BCUT2D eigenvalue weighted by molar-refractivity contribution is 5.01. The van der Waals surface area contributed by atoms with E-state index >= 15 is 0 Å². The molecule has 0 aromatic carbocycles. The molecule has 1 rings (SSSR count). The Balaban J connectivity index is 2.24. The van der Waals surface area contributed by atoms with E-state index in [1.165, 1.54) is 12.8 Å². The second-order valence-electron chi connectivity index (χ2n) is 3.13. The summed E-state index contributed by atoms with van der Waals surface area (Å²) < 4.78 is 0. The third-order valence-electron chi connectivity index (χ3n) is 2.16. The van der Waals surface area contributed by atoms with Crippen LogP contribution >= 0.6 is 0 Å². The van der Waals surface area contributed by atoms with Crippen molar-refractivity contribution in [2.75, 3.05) is 6.54 Å². The van der Waals surface area contributed by atoms with Gasteiger partial charge in [-0.2, -0.15) is 0 Å². The molecule has 62 valence electrons. The van der Waals surface area contributed by atoms with Gasteiger partial charge in [-0.3, -0.25) is 0 Å². The van der Waals surface area contributed by atoms with Crippen LogP contribution in [0.2, 0.25) is 0 Å². The lowest BCUT2D eigenvalue weighted by Crippen LogP contribution is -2.30. The van der Waals surface area contributed by atoms with Crippen LogP contribution in [0, 0.1) is 17.8 Å². The molecule has 0 radical (unpaired) electrons. The molecule has 1 saturated carbocycles. The summed E-state index contributed by atoms with van der Waals surface area (Å²) in [5.41, 5.74) is 0. The maximum Gasteiger partial charge on any atom is 0.0245 e. The Morgan fingerprint density at radius 3 is 2.73 bits per heavy atom. The quantitative estimate of drug-likeness (QED) is 0.604. The first kappa shape index (κ1) is 8.62. The molecule has 1 nitrogen and oxygen atoms in total. The van der Waals surface area contributed by atoms with Gasteiger partial charge < -0.3 is 5.32 Å². The minimum absolute atomic E-state index is 0.674. The van der Waals surface area contributed by atoms with Gasteiger partial charge in [0.05, 0.1) is 0 Å². The Kier molecular flexibility index (Phi) is 3.45. The molecule has 1 fully saturated rings. The van der Waals surface area contributed by atoms with Gasteiger partial charge in [0.15, 0.2) is 0 Å². The summed E-state index contributed by atoms with van der Waals surface area (Å²) in [7, 11) is 0. The van der Waals surface area contributed by atoms with Crippen molar-refractivity contribution in [3.05, 3.63) is 0 Å². The molecule has 1 aliphatic carbocycles. The summed E-state index contributed by atoms with van der Waals surface area (Å²) in [5.74, 6) is 7.02. The highest BCUT2D eigenvalue weighted by Gasteiger charge is 2.29. The predicted molar refractivity (Wildman–Crippen MR) is 48.3 cm³/mol. The first-order chi connectivity index (χ1) is 5.38. The minimum atomic E-state index is 0.674. The van der Waals surface area contributed by atoms with Crippen LogP contribution in [0.5, 0.6) is 0 Å². The van der Waals surface area contributed by atoms with Gasteiger partial charge in [-0.05, 0) is 32.2 Å². The molecule has 0 amide bonds. The summed E-state index contributed by atoms with van der Waals surface area (Å²) in [5, 5.41) is 3.48. The maximum absolute atomic E-state index is 3.48. The first-order valence-corrected chi connectivity index (χ1v) is 4.51. The molecule has 0 aromatic heterocycles. The van der Waals surface area contributed by atoms with E-state index in [1.54, 1.807) is 0 Å². The number of rotatable bonds is 4. The van der Waals surface area contributed by atoms with Crippen LogP contribution in [0.1, 0.15) is 33.1 Å². The smallest absolute Gasteiger partial charge is 0.0245 e. The van der Waals surface area contributed by atoms with Crippen LogP contribution in [0.4, 0.5) is 0 Å². The van der Waals surface area contributed by atoms with Gasteiger partial charge in [0, 0.05) is 12.5 Å². The van der Waals surface area contributed by atoms with Crippen molar-refractivity contribution in [2.24, 2.45) is 5.92 Å². The van der Waals surface area contributed by atoms with Gasteiger partial charge in [0.1, 0.15) is 0 Å². The second kappa shape index (κ2) is 4.41. The van der Waals surface area contributed by atoms with E-state index in [-0.39, 0.29) is 0 Å². The fraction of sp³-hybridized carbons (Fsp3) is 0.800. The molecule has 0 saturated heterocycles. The van der Waals surface area contributed by atoms with Crippen molar-refractivity contribution in [2.45, 2.75) is 39.2 Å². The lowest BCUT2D eigenvalue weighted by atomic mass is 10.1. The summed E-state index contributed by atoms with van der Waals surface area (Å²) in [6.45, 7) is 5.15. The number of nitrogens with one attached hydrogen (secondary N) is 1. The molecule has 0 aliphatic heterocycles. The number of hydrogen-bond donors (Lipinski definition) is 1.